The van der Waals surface area contributed by atoms with Gasteiger partial charge in [-0.1, -0.05) is 35.5 Å². The normalized spacial score (nSPS) is 15.9. The predicted octanol–water partition coefficient (Wildman–Crippen LogP) is 2.51. The summed E-state index contributed by atoms with van der Waals surface area (Å²) in [5.41, 5.74) is 2.51. The molecule has 2 aromatic carbocycles. The van der Waals surface area contributed by atoms with Gasteiger partial charge in [0, 0.05) is 24.6 Å². The average molecular weight is 340 g/mol. The van der Waals surface area contributed by atoms with Crippen LogP contribution in [0.1, 0.15) is 17.5 Å². The van der Waals surface area contributed by atoms with Gasteiger partial charge < -0.3 is 19.6 Å². The average Bonchev–Trinajstić information content (AvgIpc) is 3.16. The zero-order valence-corrected chi connectivity index (χ0v) is 14.2. The third-order valence-electron chi connectivity index (χ3n) is 3.99. The van der Waals surface area contributed by atoms with Gasteiger partial charge in [0.15, 0.2) is 0 Å². The molecule has 1 unspecified atom stereocenters. The Hall–Kier alpha value is -3.02. The summed E-state index contributed by atoms with van der Waals surface area (Å²) in [4.78, 5) is 17.6. The van der Waals surface area contributed by atoms with Crippen molar-refractivity contribution in [1.29, 1.82) is 0 Å². The van der Waals surface area contributed by atoms with Gasteiger partial charge in [0.1, 0.15) is 11.5 Å². The quantitative estimate of drug-likeness (QED) is 0.877. The first-order valence-corrected chi connectivity index (χ1v) is 7.98. The van der Waals surface area contributed by atoms with E-state index in [4.69, 9.17) is 14.3 Å². The van der Waals surface area contributed by atoms with Crippen LogP contribution in [0.25, 0.3) is 0 Å². The van der Waals surface area contributed by atoms with E-state index in [0.29, 0.717) is 30.2 Å². The van der Waals surface area contributed by atoms with Crippen molar-refractivity contribution in [3.8, 4) is 11.5 Å². The zero-order chi connectivity index (χ0) is 17.6. The maximum Gasteiger partial charge on any atom is 0.264 e. The molecule has 0 saturated heterocycles. The Morgan fingerprint density at radius 3 is 2.72 bits per heavy atom. The number of hydrogen-bond acceptors (Lipinski definition) is 5. The topological polar surface area (TPSA) is 69.2 Å². The second-order valence-corrected chi connectivity index (χ2v) is 5.61. The molecule has 1 aliphatic rings. The lowest BCUT2D eigenvalue weighted by molar-refractivity contribution is -0.131. The summed E-state index contributed by atoms with van der Waals surface area (Å²) in [5.74, 6) is 1.14. The summed E-state index contributed by atoms with van der Waals surface area (Å²) in [5, 5.41) is 6.93. The summed E-state index contributed by atoms with van der Waals surface area (Å²) < 4.78 is 10.6. The fourth-order valence-corrected chi connectivity index (χ4v) is 2.61. The molecule has 0 radical (unpaired) electrons. The highest BCUT2D eigenvalue weighted by atomic mass is 16.6. The van der Waals surface area contributed by atoms with E-state index in [1.54, 1.807) is 20.3 Å². The lowest BCUT2D eigenvalue weighted by Crippen LogP contribution is -2.34. The Balaban J connectivity index is 1.62. The number of carbonyl (C=O) groups excluding carboxylic acids is 1. The SMILES string of the molecule is COc1ccc(C2=NOC(C(=O)NCc3ccccc3)C2)c(OC)c1. The van der Waals surface area contributed by atoms with Crippen LogP contribution in [0, 0.1) is 0 Å². The number of benzene rings is 2. The minimum atomic E-state index is -0.634. The van der Waals surface area contributed by atoms with E-state index in [2.05, 4.69) is 10.5 Å². The van der Waals surface area contributed by atoms with Crippen LogP contribution in [0.3, 0.4) is 0 Å². The van der Waals surface area contributed by atoms with Gasteiger partial charge in [-0.15, -0.1) is 0 Å². The Bertz CT molecular complexity index is 774. The lowest BCUT2D eigenvalue weighted by Gasteiger charge is -2.11. The van der Waals surface area contributed by atoms with Crippen molar-refractivity contribution in [3.05, 3.63) is 59.7 Å². The molecule has 1 aliphatic heterocycles. The molecule has 1 N–H and O–H groups in total. The maximum atomic E-state index is 12.3. The number of rotatable bonds is 6. The highest BCUT2D eigenvalue weighted by Crippen LogP contribution is 2.28. The fourth-order valence-electron chi connectivity index (χ4n) is 2.61. The third-order valence-corrected chi connectivity index (χ3v) is 3.99. The molecule has 130 valence electrons. The Morgan fingerprint density at radius 1 is 1.20 bits per heavy atom. The van der Waals surface area contributed by atoms with Gasteiger partial charge in [0.2, 0.25) is 6.10 Å². The smallest absolute Gasteiger partial charge is 0.264 e. The summed E-state index contributed by atoms with van der Waals surface area (Å²) in [6, 6.07) is 15.2. The molecule has 1 heterocycles. The number of nitrogens with one attached hydrogen (secondary N) is 1. The minimum Gasteiger partial charge on any atom is -0.497 e. The van der Waals surface area contributed by atoms with Crippen molar-refractivity contribution in [2.24, 2.45) is 5.16 Å². The van der Waals surface area contributed by atoms with Crippen LogP contribution >= 0.6 is 0 Å². The molecule has 25 heavy (non-hydrogen) atoms. The van der Waals surface area contributed by atoms with Crippen LogP contribution in [-0.2, 0) is 16.2 Å². The summed E-state index contributed by atoms with van der Waals surface area (Å²) in [7, 11) is 3.18. The van der Waals surface area contributed by atoms with E-state index in [1.165, 1.54) is 0 Å². The highest BCUT2D eigenvalue weighted by Gasteiger charge is 2.30. The molecule has 0 aliphatic carbocycles. The van der Waals surface area contributed by atoms with Crippen molar-refractivity contribution in [3.63, 3.8) is 0 Å². The fraction of sp³-hybridized carbons (Fsp3) is 0.263. The molecular formula is C19H20N2O4. The first-order valence-electron chi connectivity index (χ1n) is 7.98. The van der Waals surface area contributed by atoms with Crippen LogP contribution in [0.4, 0.5) is 0 Å². The summed E-state index contributed by atoms with van der Waals surface area (Å²) in [6.07, 6.45) is -0.242. The van der Waals surface area contributed by atoms with Gasteiger partial charge in [0.05, 0.1) is 19.9 Å². The van der Waals surface area contributed by atoms with E-state index >= 15 is 0 Å². The largest absolute Gasteiger partial charge is 0.497 e. The van der Waals surface area contributed by atoms with Gasteiger partial charge in [-0.05, 0) is 17.7 Å². The first-order chi connectivity index (χ1) is 12.2. The molecule has 3 rings (SSSR count). The van der Waals surface area contributed by atoms with Crippen molar-refractivity contribution in [1.82, 2.24) is 5.32 Å². The van der Waals surface area contributed by atoms with Gasteiger partial charge in [-0.3, -0.25) is 4.79 Å². The molecule has 1 amide bonds. The monoisotopic (exact) mass is 340 g/mol. The molecule has 6 nitrogen and oxygen atoms in total. The third kappa shape index (κ3) is 3.91. The number of ether oxygens (including phenoxy) is 2. The van der Waals surface area contributed by atoms with Gasteiger partial charge in [-0.2, -0.15) is 0 Å². The number of oxime groups is 1. The van der Waals surface area contributed by atoms with E-state index in [1.807, 2.05) is 42.5 Å². The van der Waals surface area contributed by atoms with Crippen molar-refractivity contribution >= 4 is 11.6 Å². The lowest BCUT2D eigenvalue weighted by atomic mass is 10.0. The van der Waals surface area contributed by atoms with Gasteiger partial charge in [-0.25, -0.2) is 0 Å². The van der Waals surface area contributed by atoms with Gasteiger partial charge in [0.25, 0.3) is 5.91 Å². The molecule has 1 atom stereocenters. The molecule has 2 aromatic rings. The highest BCUT2D eigenvalue weighted by molar-refractivity contribution is 6.06. The van der Waals surface area contributed by atoms with E-state index in [0.717, 1.165) is 11.1 Å². The first kappa shape index (κ1) is 16.8. The second-order valence-electron chi connectivity index (χ2n) is 5.61. The Labute approximate surface area is 146 Å². The van der Waals surface area contributed by atoms with E-state index in [-0.39, 0.29) is 5.91 Å². The second kappa shape index (κ2) is 7.70. The number of amides is 1. The maximum absolute atomic E-state index is 12.3. The Kier molecular flexibility index (Phi) is 5.18. The standard InChI is InChI=1S/C19H20N2O4/c1-23-14-8-9-15(17(10-14)24-2)16-11-18(25-21-16)19(22)20-12-13-6-4-3-5-7-13/h3-10,18H,11-12H2,1-2H3,(H,20,22). The Morgan fingerprint density at radius 2 is 2.00 bits per heavy atom. The molecule has 6 heteroatoms. The summed E-state index contributed by atoms with van der Waals surface area (Å²) >= 11 is 0. The molecule has 0 aromatic heterocycles. The number of hydrogen-bond donors (Lipinski definition) is 1. The molecular weight excluding hydrogens is 320 g/mol. The van der Waals surface area contributed by atoms with Crippen LogP contribution in [-0.4, -0.2) is 31.9 Å². The molecule has 0 saturated carbocycles. The molecule has 0 fully saturated rings. The van der Waals surface area contributed by atoms with Crippen LogP contribution in [0.15, 0.2) is 53.7 Å². The van der Waals surface area contributed by atoms with Crippen molar-refractivity contribution < 1.29 is 19.1 Å². The van der Waals surface area contributed by atoms with Crippen molar-refractivity contribution in [2.75, 3.05) is 14.2 Å². The van der Waals surface area contributed by atoms with E-state index < -0.39 is 6.10 Å². The number of carbonyl (C=O) groups is 1. The zero-order valence-electron chi connectivity index (χ0n) is 14.2. The van der Waals surface area contributed by atoms with Crippen LogP contribution in [0.2, 0.25) is 0 Å². The summed E-state index contributed by atoms with van der Waals surface area (Å²) in [6.45, 7) is 0.459. The van der Waals surface area contributed by atoms with Crippen LogP contribution in [0.5, 0.6) is 11.5 Å². The molecule has 0 bridgehead atoms. The predicted molar refractivity (Wildman–Crippen MR) is 93.9 cm³/mol. The van der Waals surface area contributed by atoms with Gasteiger partial charge >= 0.3 is 0 Å². The van der Waals surface area contributed by atoms with Crippen LogP contribution < -0.4 is 14.8 Å². The molecule has 0 spiro atoms. The minimum absolute atomic E-state index is 0.185. The van der Waals surface area contributed by atoms with Crippen molar-refractivity contribution in [2.45, 2.75) is 19.1 Å². The van der Waals surface area contributed by atoms with E-state index in [9.17, 15) is 4.79 Å². The number of methoxy groups -OCH3 is 2. The number of nitrogens with zero attached hydrogens (tertiary/aromatic N) is 1.